The molecule has 0 aliphatic carbocycles. The molecule has 1 atom stereocenters. The van der Waals surface area contributed by atoms with Crippen LogP contribution in [0.5, 0.6) is 0 Å². The molecule has 0 spiro atoms. The standard InChI is InChI=1S/C15H16N2O2S/c1-10-5-3-6-12(9-10)17-14(18)11(2)16-15(19)13-7-4-8-20-13/h3-9,11H,1-2H3,(H,16,19)(H,17,18). The summed E-state index contributed by atoms with van der Waals surface area (Å²) >= 11 is 1.35. The SMILES string of the molecule is Cc1cccc(NC(=O)C(C)NC(=O)c2cccs2)c1. The molecule has 1 unspecified atom stereocenters. The highest BCUT2D eigenvalue weighted by molar-refractivity contribution is 7.12. The van der Waals surface area contributed by atoms with Crippen LogP contribution in [0.2, 0.25) is 0 Å². The minimum Gasteiger partial charge on any atom is -0.340 e. The number of carbonyl (C=O) groups is 2. The van der Waals surface area contributed by atoms with Crippen molar-refractivity contribution in [2.45, 2.75) is 19.9 Å². The number of carbonyl (C=O) groups excluding carboxylic acids is 2. The van der Waals surface area contributed by atoms with Crippen LogP contribution < -0.4 is 10.6 Å². The van der Waals surface area contributed by atoms with Crippen molar-refractivity contribution in [1.29, 1.82) is 0 Å². The Kier molecular flexibility index (Phi) is 4.53. The van der Waals surface area contributed by atoms with Gasteiger partial charge in [0.25, 0.3) is 5.91 Å². The molecule has 1 heterocycles. The maximum absolute atomic E-state index is 12.0. The highest BCUT2D eigenvalue weighted by Crippen LogP contribution is 2.11. The molecular weight excluding hydrogens is 272 g/mol. The zero-order valence-electron chi connectivity index (χ0n) is 11.3. The zero-order chi connectivity index (χ0) is 14.5. The second-order valence-corrected chi connectivity index (χ2v) is 5.48. The van der Waals surface area contributed by atoms with Crippen molar-refractivity contribution >= 4 is 28.8 Å². The number of nitrogens with one attached hydrogen (secondary N) is 2. The second-order valence-electron chi connectivity index (χ2n) is 4.53. The van der Waals surface area contributed by atoms with E-state index in [9.17, 15) is 9.59 Å². The summed E-state index contributed by atoms with van der Waals surface area (Å²) in [6.07, 6.45) is 0. The molecule has 20 heavy (non-hydrogen) atoms. The van der Waals surface area contributed by atoms with Crippen molar-refractivity contribution < 1.29 is 9.59 Å². The lowest BCUT2D eigenvalue weighted by Crippen LogP contribution is -2.41. The van der Waals surface area contributed by atoms with Gasteiger partial charge in [-0.2, -0.15) is 0 Å². The Bertz CT molecular complexity index is 608. The number of hydrogen-bond donors (Lipinski definition) is 2. The van der Waals surface area contributed by atoms with E-state index < -0.39 is 6.04 Å². The normalized spacial score (nSPS) is 11.7. The molecule has 1 aromatic carbocycles. The number of anilines is 1. The fourth-order valence-electron chi connectivity index (χ4n) is 1.71. The molecule has 2 amide bonds. The van der Waals surface area contributed by atoms with Crippen LogP contribution >= 0.6 is 11.3 Å². The number of benzene rings is 1. The van der Waals surface area contributed by atoms with Crippen molar-refractivity contribution in [3.63, 3.8) is 0 Å². The van der Waals surface area contributed by atoms with Crippen molar-refractivity contribution in [2.24, 2.45) is 0 Å². The van der Waals surface area contributed by atoms with Gasteiger partial charge in [0.15, 0.2) is 0 Å². The molecule has 0 fully saturated rings. The third-order valence-electron chi connectivity index (χ3n) is 2.77. The molecule has 0 saturated carbocycles. The van der Waals surface area contributed by atoms with Gasteiger partial charge in [0.1, 0.15) is 6.04 Å². The highest BCUT2D eigenvalue weighted by Gasteiger charge is 2.17. The van der Waals surface area contributed by atoms with Crippen molar-refractivity contribution in [1.82, 2.24) is 5.32 Å². The largest absolute Gasteiger partial charge is 0.340 e. The van der Waals surface area contributed by atoms with E-state index in [0.717, 1.165) is 11.3 Å². The summed E-state index contributed by atoms with van der Waals surface area (Å²) in [4.78, 5) is 24.5. The van der Waals surface area contributed by atoms with Gasteiger partial charge in [0.05, 0.1) is 4.88 Å². The first kappa shape index (κ1) is 14.3. The van der Waals surface area contributed by atoms with Crippen LogP contribution in [0.25, 0.3) is 0 Å². The quantitative estimate of drug-likeness (QED) is 0.909. The fourth-order valence-corrected chi connectivity index (χ4v) is 2.34. The van der Waals surface area contributed by atoms with Crippen LogP contribution in [-0.2, 0) is 4.79 Å². The van der Waals surface area contributed by atoms with Crippen LogP contribution in [0, 0.1) is 6.92 Å². The van der Waals surface area contributed by atoms with Gasteiger partial charge in [-0.25, -0.2) is 0 Å². The van der Waals surface area contributed by atoms with Crippen LogP contribution in [0.15, 0.2) is 41.8 Å². The number of aryl methyl sites for hydroxylation is 1. The minimum atomic E-state index is -0.592. The summed E-state index contributed by atoms with van der Waals surface area (Å²) in [5.41, 5.74) is 1.80. The average molecular weight is 288 g/mol. The van der Waals surface area contributed by atoms with E-state index in [0.29, 0.717) is 4.88 Å². The molecule has 0 aliphatic heterocycles. The molecule has 104 valence electrons. The van der Waals surface area contributed by atoms with Gasteiger partial charge >= 0.3 is 0 Å². The molecule has 1 aromatic heterocycles. The lowest BCUT2D eigenvalue weighted by Gasteiger charge is -2.13. The molecule has 0 bridgehead atoms. The molecule has 2 rings (SSSR count). The van der Waals surface area contributed by atoms with E-state index in [-0.39, 0.29) is 11.8 Å². The summed E-state index contributed by atoms with van der Waals surface area (Å²) < 4.78 is 0. The van der Waals surface area contributed by atoms with Crippen molar-refractivity contribution in [3.8, 4) is 0 Å². The van der Waals surface area contributed by atoms with Gasteiger partial charge in [-0.15, -0.1) is 11.3 Å². The van der Waals surface area contributed by atoms with Gasteiger partial charge in [-0.3, -0.25) is 9.59 Å². The summed E-state index contributed by atoms with van der Waals surface area (Å²) in [5, 5.41) is 7.29. The van der Waals surface area contributed by atoms with Crippen molar-refractivity contribution in [2.75, 3.05) is 5.32 Å². The van der Waals surface area contributed by atoms with E-state index in [1.54, 1.807) is 19.1 Å². The number of rotatable bonds is 4. The third-order valence-corrected chi connectivity index (χ3v) is 3.64. The Balaban J connectivity index is 1.94. The molecule has 5 heteroatoms. The Morgan fingerprint density at radius 2 is 2.00 bits per heavy atom. The van der Waals surface area contributed by atoms with E-state index in [1.807, 2.05) is 36.6 Å². The topological polar surface area (TPSA) is 58.2 Å². The summed E-state index contributed by atoms with van der Waals surface area (Å²) in [5.74, 6) is -0.465. The highest BCUT2D eigenvalue weighted by atomic mass is 32.1. The van der Waals surface area contributed by atoms with Crippen LogP contribution in [0.1, 0.15) is 22.2 Å². The fraction of sp³-hybridized carbons (Fsp3) is 0.200. The van der Waals surface area contributed by atoms with Crippen LogP contribution in [0.3, 0.4) is 0 Å². The average Bonchev–Trinajstić information content (AvgIpc) is 2.92. The van der Waals surface area contributed by atoms with Crippen LogP contribution in [-0.4, -0.2) is 17.9 Å². The summed E-state index contributed by atoms with van der Waals surface area (Å²) in [6.45, 7) is 3.62. The third kappa shape index (κ3) is 3.68. The summed E-state index contributed by atoms with van der Waals surface area (Å²) in [7, 11) is 0. The Hall–Kier alpha value is -2.14. The first-order valence-electron chi connectivity index (χ1n) is 6.28. The maximum atomic E-state index is 12.0. The van der Waals surface area contributed by atoms with E-state index in [2.05, 4.69) is 10.6 Å². The smallest absolute Gasteiger partial charge is 0.261 e. The van der Waals surface area contributed by atoms with Gasteiger partial charge in [-0.1, -0.05) is 18.2 Å². The van der Waals surface area contributed by atoms with Gasteiger partial charge < -0.3 is 10.6 Å². The number of amides is 2. The molecule has 0 aliphatic rings. The Morgan fingerprint density at radius 1 is 1.20 bits per heavy atom. The molecule has 0 radical (unpaired) electrons. The van der Waals surface area contributed by atoms with Gasteiger partial charge in [-0.05, 0) is 43.0 Å². The summed E-state index contributed by atoms with van der Waals surface area (Å²) in [6, 6.07) is 10.5. The Morgan fingerprint density at radius 3 is 2.65 bits per heavy atom. The molecule has 4 nitrogen and oxygen atoms in total. The Labute approximate surface area is 121 Å². The number of hydrogen-bond acceptors (Lipinski definition) is 3. The first-order valence-corrected chi connectivity index (χ1v) is 7.16. The number of thiophene rings is 1. The lowest BCUT2D eigenvalue weighted by molar-refractivity contribution is -0.117. The van der Waals surface area contributed by atoms with Gasteiger partial charge in [0.2, 0.25) is 5.91 Å². The predicted octanol–water partition coefficient (Wildman–Crippen LogP) is 2.81. The van der Waals surface area contributed by atoms with Crippen LogP contribution in [0.4, 0.5) is 5.69 Å². The van der Waals surface area contributed by atoms with Gasteiger partial charge in [0, 0.05) is 5.69 Å². The zero-order valence-corrected chi connectivity index (χ0v) is 12.2. The van der Waals surface area contributed by atoms with E-state index >= 15 is 0 Å². The molecule has 0 saturated heterocycles. The van der Waals surface area contributed by atoms with E-state index in [4.69, 9.17) is 0 Å². The predicted molar refractivity (Wildman–Crippen MR) is 81.1 cm³/mol. The molecule has 2 N–H and O–H groups in total. The monoisotopic (exact) mass is 288 g/mol. The first-order chi connectivity index (χ1) is 9.56. The second kappa shape index (κ2) is 6.34. The maximum Gasteiger partial charge on any atom is 0.261 e. The molecular formula is C15H16N2O2S. The van der Waals surface area contributed by atoms with E-state index in [1.165, 1.54) is 11.3 Å². The van der Waals surface area contributed by atoms with Crippen molar-refractivity contribution in [3.05, 3.63) is 52.2 Å². The minimum absolute atomic E-state index is 0.230. The molecule has 2 aromatic rings. The lowest BCUT2D eigenvalue weighted by atomic mass is 10.2.